The minimum Gasteiger partial charge on any atom is 0 e. The Morgan fingerprint density at radius 1 is 1.00 bits per heavy atom. The van der Waals surface area contributed by atoms with Crippen LogP contribution in [0.4, 0.5) is 0 Å². The molecule has 0 amide bonds. The first-order valence-electron chi connectivity index (χ1n) is 0. The van der Waals surface area contributed by atoms with Crippen molar-refractivity contribution in [1.82, 2.24) is 0 Å². The smallest absolute Gasteiger partial charge is 0 e. The number of rotatable bonds is 0. The van der Waals surface area contributed by atoms with Gasteiger partial charge in [-0.05, 0) is 0 Å². The van der Waals surface area contributed by atoms with Crippen molar-refractivity contribution in [3.63, 3.8) is 0 Å². The molecule has 6 radical (unpaired) electrons. The van der Waals surface area contributed by atoms with Gasteiger partial charge in [-0.25, -0.2) is 0 Å². The van der Waals surface area contributed by atoms with Crippen LogP contribution in [0.2, 0.25) is 0 Å². The molecule has 5 heteroatoms. The second-order valence-corrected chi connectivity index (χ2v) is 0. The maximum absolute atomic E-state index is 0. The van der Waals surface area contributed by atoms with E-state index >= 15 is 0 Å². The van der Waals surface area contributed by atoms with Gasteiger partial charge in [0.1, 0.15) is 0 Å². The predicted octanol–water partition coefficient (Wildman–Crippen LogP) is -0.507. The minimum absolute atomic E-state index is 0. The number of hydrogen-bond acceptors (Lipinski definition) is 0. The molecule has 28 valence electrons. The van der Waals surface area contributed by atoms with Gasteiger partial charge < -0.3 is 0 Å². The van der Waals surface area contributed by atoms with Crippen LogP contribution >= 0.6 is 0 Å². The molecule has 0 unspecified atom stereocenters. The maximum atomic E-state index is 0. The van der Waals surface area contributed by atoms with Crippen LogP contribution in [0.3, 0.4) is 0 Å². The molecule has 0 aromatic heterocycles. The van der Waals surface area contributed by atoms with Gasteiger partial charge in [-0.15, -0.1) is 0 Å². The van der Waals surface area contributed by atoms with Crippen molar-refractivity contribution in [1.29, 1.82) is 0 Å². The van der Waals surface area contributed by atoms with E-state index in [2.05, 4.69) is 0 Å². The zero-order chi connectivity index (χ0) is 0. The molecule has 5 heavy (non-hydrogen) atoms. The first kappa shape index (κ1) is 47.5. The Labute approximate surface area is 88.6 Å². The Hall–Kier alpha value is 2.69. The van der Waals surface area contributed by atoms with E-state index < -0.39 is 0 Å². The van der Waals surface area contributed by atoms with Crippen LogP contribution in [0.15, 0.2) is 0 Å². The van der Waals surface area contributed by atoms with E-state index in [9.17, 15) is 0 Å². The summed E-state index contributed by atoms with van der Waals surface area (Å²) in [5.41, 5.74) is 0. The van der Waals surface area contributed by atoms with Crippen molar-refractivity contribution in [3.05, 3.63) is 0 Å². The van der Waals surface area contributed by atoms with Gasteiger partial charge in [-0.1, -0.05) is 0 Å². The van der Waals surface area contributed by atoms with Gasteiger partial charge in [-0.2, -0.15) is 0 Å². The van der Waals surface area contributed by atoms with Crippen LogP contribution in [-0.2, 0) is 66.1 Å². The van der Waals surface area contributed by atoms with Crippen LogP contribution in [-0.4, -0.2) is 23.9 Å². The Morgan fingerprint density at radius 2 is 1.00 bits per heavy atom. The van der Waals surface area contributed by atoms with E-state index in [-0.39, 0.29) is 90.0 Å². The summed E-state index contributed by atoms with van der Waals surface area (Å²) in [4.78, 5) is 0. The monoisotopic (exact) mass is 334 g/mol. The van der Waals surface area contributed by atoms with E-state index in [0.717, 1.165) is 0 Å². The third-order valence-electron chi connectivity index (χ3n) is 0. The normalized spacial score (nSPS) is 0. The van der Waals surface area contributed by atoms with E-state index in [1.807, 2.05) is 0 Å². The second-order valence-electron chi connectivity index (χ2n) is 0. The fourth-order valence-electron chi connectivity index (χ4n) is 0. The summed E-state index contributed by atoms with van der Waals surface area (Å²) in [7, 11) is 0. The Balaban J connectivity index is 0. The summed E-state index contributed by atoms with van der Waals surface area (Å²) in [6.45, 7) is 0. The molecule has 0 atom stereocenters. The second kappa shape index (κ2) is 29.9. The van der Waals surface area contributed by atoms with Crippen molar-refractivity contribution < 1.29 is 66.1 Å². The first-order chi connectivity index (χ1) is 0. The molecule has 0 rings (SSSR count). The summed E-state index contributed by atoms with van der Waals surface area (Å²) in [5.74, 6) is 0. The van der Waals surface area contributed by atoms with Crippen molar-refractivity contribution in [2.45, 2.75) is 0 Å². The third kappa shape index (κ3) is 20.3. The first-order valence-corrected chi connectivity index (χ1v) is 0. The molecule has 0 aliphatic heterocycles. The van der Waals surface area contributed by atoms with Crippen molar-refractivity contribution in [2.24, 2.45) is 0 Å². The molecule has 0 aliphatic carbocycles. The average molecular weight is 334 g/mol. The van der Waals surface area contributed by atoms with Gasteiger partial charge in [-0.3, -0.25) is 0 Å². The van der Waals surface area contributed by atoms with Crippen LogP contribution in [0.25, 0.3) is 0 Å². The quantitative estimate of drug-likeness (QED) is 0.535. The molecule has 0 aliphatic rings. The SMILES string of the molecule is [Cr].[Fe].[O].[Sn].[Zr]. The average Bonchev–Trinajstić information content (AvgIpc) is 0. The molecule has 0 aromatic carbocycles. The summed E-state index contributed by atoms with van der Waals surface area (Å²) < 4.78 is 0. The van der Waals surface area contributed by atoms with E-state index in [0.29, 0.717) is 0 Å². The maximum Gasteiger partial charge on any atom is 0 e. The van der Waals surface area contributed by atoms with E-state index in [1.165, 1.54) is 0 Å². The molecule has 0 heterocycles. The van der Waals surface area contributed by atoms with Gasteiger partial charge in [0.25, 0.3) is 0 Å². The topological polar surface area (TPSA) is 28.5 Å². The molecule has 1 nitrogen and oxygen atoms in total. The molecular weight excluding hydrogens is 334 g/mol. The van der Waals surface area contributed by atoms with Gasteiger partial charge in [0, 0.05) is 90.0 Å². The Morgan fingerprint density at radius 3 is 1.00 bits per heavy atom. The van der Waals surface area contributed by atoms with Crippen molar-refractivity contribution in [2.75, 3.05) is 0 Å². The minimum atomic E-state index is 0. The third-order valence-corrected chi connectivity index (χ3v) is 0. The fourth-order valence-corrected chi connectivity index (χ4v) is 0. The molecule has 0 saturated carbocycles. The zero-order valence-electron chi connectivity index (χ0n) is 2.17. The Kier molecular flexibility index (Phi) is 284. The fraction of sp³-hybridized carbons (Fsp3) is 0. The van der Waals surface area contributed by atoms with E-state index in [4.69, 9.17) is 0 Å². The van der Waals surface area contributed by atoms with Crippen molar-refractivity contribution in [3.8, 4) is 0 Å². The Bertz CT molecular complexity index is 11.6. The molecule has 0 bridgehead atoms. The molecule has 0 saturated heterocycles. The van der Waals surface area contributed by atoms with Gasteiger partial charge in [0.05, 0.1) is 0 Å². The number of hydrogen-bond donors (Lipinski definition) is 0. The molecule has 0 N–H and O–H groups in total. The summed E-state index contributed by atoms with van der Waals surface area (Å²) >= 11 is 0. The summed E-state index contributed by atoms with van der Waals surface area (Å²) in [6, 6.07) is 0. The summed E-state index contributed by atoms with van der Waals surface area (Å²) in [5, 5.41) is 0. The van der Waals surface area contributed by atoms with Crippen LogP contribution in [0, 0.1) is 0 Å². The van der Waals surface area contributed by atoms with E-state index in [1.54, 1.807) is 0 Å². The van der Waals surface area contributed by atoms with Crippen molar-refractivity contribution >= 4 is 23.9 Å². The van der Waals surface area contributed by atoms with Crippen LogP contribution in [0.5, 0.6) is 0 Å². The van der Waals surface area contributed by atoms with Gasteiger partial charge in [0.2, 0.25) is 0 Å². The molecule has 0 aromatic rings. The molecule has 0 fully saturated rings. The van der Waals surface area contributed by atoms with Gasteiger partial charge in [0.15, 0.2) is 0 Å². The molecule has 0 spiro atoms. The summed E-state index contributed by atoms with van der Waals surface area (Å²) in [6.07, 6.45) is 0. The van der Waals surface area contributed by atoms with Gasteiger partial charge >= 0.3 is 0 Å². The van der Waals surface area contributed by atoms with Crippen LogP contribution in [0.1, 0.15) is 0 Å². The predicted molar refractivity (Wildman–Crippen MR) is 6.44 cm³/mol. The standard InChI is InChI=1S/Cr.Fe.O.Sn.Zr. The van der Waals surface area contributed by atoms with Crippen LogP contribution < -0.4 is 0 Å². The molecular formula is CrFeOSnZr. The largest absolute Gasteiger partial charge is 0 e. The zero-order valence-corrected chi connectivity index (χ0v) is 9.86.